The van der Waals surface area contributed by atoms with E-state index in [0.29, 0.717) is 34.1 Å². The number of nitrogens with zero attached hydrogens (tertiary/aromatic N) is 3. The fourth-order valence-electron chi connectivity index (χ4n) is 1.37. The van der Waals surface area contributed by atoms with Crippen molar-refractivity contribution in [1.82, 2.24) is 15.0 Å². The maximum atomic E-state index is 5.83. The third-order valence-corrected chi connectivity index (χ3v) is 3.52. The van der Waals surface area contributed by atoms with Crippen LogP contribution in [0.3, 0.4) is 0 Å². The highest BCUT2D eigenvalue weighted by Crippen LogP contribution is 2.25. The van der Waals surface area contributed by atoms with Gasteiger partial charge >= 0.3 is 0 Å². The number of nitrogens with two attached hydrogens (primary N) is 1. The number of ether oxygens (including phenoxy) is 1. The molecule has 0 unspecified atom stereocenters. The van der Waals surface area contributed by atoms with Crippen molar-refractivity contribution in [3.63, 3.8) is 0 Å². The molecule has 7 heteroatoms. The number of hydrogen-bond acceptors (Lipinski definition) is 5. The molecule has 5 nitrogen and oxygen atoms in total. The number of anilines is 1. The Bertz CT molecular complexity index is 560. The number of rotatable bonds is 3. The Hall–Kier alpha value is -1.05. The molecule has 0 aliphatic rings. The first-order valence-corrected chi connectivity index (χ1v) is 6.63. The second kappa shape index (κ2) is 5.73. The average Bonchev–Trinajstić information content (AvgIpc) is 2.36. The SMILES string of the molecule is COCc1nc(-c2ccc(Br)cn2)nc(N)c1Br. The molecule has 0 amide bonds. The van der Waals surface area contributed by atoms with Gasteiger partial charge in [-0.15, -0.1) is 0 Å². The van der Waals surface area contributed by atoms with E-state index in [9.17, 15) is 0 Å². The van der Waals surface area contributed by atoms with Crippen molar-refractivity contribution in [2.24, 2.45) is 0 Å². The summed E-state index contributed by atoms with van der Waals surface area (Å²) in [5.74, 6) is 0.854. The number of hydrogen-bond donors (Lipinski definition) is 1. The standard InChI is InChI=1S/C11H10Br2N4O/c1-18-5-8-9(13)10(14)17-11(16-8)7-3-2-6(12)4-15-7/h2-4H,5H2,1H3,(H2,14,16,17). The van der Waals surface area contributed by atoms with Gasteiger partial charge in [0.15, 0.2) is 5.82 Å². The quantitative estimate of drug-likeness (QED) is 0.895. The lowest BCUT2D eigenvalue weighted by molar-refractivity contribution is 0.181. The lowest BCUT2D eigenvalue weighted by Crippen LogP contribution is -2.04. The van der Waals surface area contributed by atoms with Gasteiger partial charge < -0.3 is 10.5 Å². The molecule has 2 N–H and O–H groups in total. The highest BCUT2D eigenvalue weighted by molar-refractivity contribution is 9.10. The molecule has 0 saturated carbocycles. The van der Waals surface area contributed by atoms with Gasteiger partial charge in [0.1, 0.15) is 11.5 Å². The Morgan fingerprint density at radius 1 is 1.28 bits per heavy atom. The summed E-state index contributed by atoms with van der Waals surface area (Å²) in [4.78, 5) is 12.8. The van der Waals surface area contributed by atoms with Crippen molar-refractivity contribution in [2.75, 3.05) is 12.8 Å². The molecule has 18 heavy (non-hydrogen) atoms. The van der Waals surface area contributed by atoms with Gasteiger partial charge in [-0.3, -0.25) is 4.98 Å². The topological polar surface area (TPSA) is 73.9 Å². The number of pyridine rings is 1. The molecule has 0 aliphatic carbocycles. The van der Waals surface area contributed by atoms with Crippen LogP contribution < -0.4 is 5.73 Å². The van der Waals surface area contributed by atoms with Gasteiger partial charge in [0.2, 0.25) is 0 Å². The monoisotopic (exact) mass is 372 g/mol. The van der Waals surface area contributed by atoms with E-state index in [2.05, 4.69) is 46.8 Å². The number of nitrogen functional groups attached to an aromatic ring is 1. The molecular formula is C11H10Br2N4O. The minimum absolute atomic E-state index is 0.358. The first-order chi connectivity index (χ1) is 8.61. The van der Waals surface area contributed by atoms with Crippen LogP contribution in [-0.2, 0) is 11.3 Å². The van der Waals surface area contributed by atoms with Gasteiger partial charge in [-0.2, -0.15) is 0 Å². The summed E-state index contributed by atoms with van der Waals surface area (Å²) in [6.45, 7) is 0.358. The van der Waals surface area contributed by atoms with E-state index < -0.39 is 0 Å². The predicted molar refractivity (Wildman–Crippen MR) is 75.8 cm³/mol. The lowest BCUT2D eigenvalue weighted by atomic mass is 10.3. The van der Waals surface area contributed by atoms with Crippen LogP contribution in [0.2, 0.25) is 0 Å². The summed E-state index contributed by atoms with van der Waals surface area (Å²) >= 11 is 6.67. The summed E-state index contributed by atoms with van der Waals surface area (Å²) in [6.07, 6.45) is 1.69. The Kier molecular flexibility index (Phi) is 4.26. The van der Waals surface area contributed by atoms with Crippen LogP contribution >= 0.6 is 31.9 Å². The molecule has 0 fully saturated rings. The molecule has 2 rings (SSSR count). The molecule has 2 heterocycles. The Labute approximate surface area is 121 Å². The third kappa shape index (κ3) is 2.85. The van der Waals surface area contributed by atoms with E-state index in [1.807, 2.05) is 12.1 Å². The zero-order valence-corrected chi connectivity index (χ0v) is 12.7. The molecule has 0 aliphatic heterocycles. The van der Waals surface area contributed by atoms with E-state index in [-0.39, 0.29) is 0 Å². The van der Waals surface area contributed by atoms with Gasteiger partial charge in [0.05, 0.1) is 16.8 Å². The summed E-state index contributed by atoms with van der Waals surface area (Å²) in [5, 5.41) is 0. The van der Waals surface area contributed by atoms with Crippen molar-refractivity contribution in [3.05, 3.63) is 33.0 Å². The van der Waals surface area contributed by atoms with Crippen LogP contribution in [0.15, 0.2) is 27.3 Å². The van der Waals surface area contributed by atoms with Gasteiger partial charge in [-0.25, -0.2) is 9.97 Å². The molecule has 2 aromatic heterocycles. The summed E-state index contributed by atoms with van der Waals surface area (Å²) in [7, 11) is 1.60. The van der Waals surface area contributed by atoms with E-state index in [1.54, 1.807) is 13.3 Å². The molecule has 0 bridgehead atoms. The van der Waals surface area contributed by atoms with E-state index in [1.165, 1.54) is 0 Å². The van der Waals surface area contributed by atoms with Gasteiger partial charge in [-0.05, 0) is 44.0 Å². The first kappa shape index (κ1) is 13.4. The number of aromatic nitrogens is 3. The predicted octanol–water partition coefficient (Wildman–Crippen LogP) is 2.79. The van der Waals surface area contributed by atoms with Crippen LogP contribution in [0, 0.1) is 0 Å². The highest BCUT2D eigenvalue weighted by atomic mass is 79.9. The minimum Gasteiger partial charge on any atom is -0.383 e. The van der Waals surface area contributed by atoms with E-state index in [4.69, 9.17) is 10.5 Å². The van der Waals surface area contributed by atoms with Crippen molar-refractivity contribution in [1.29, 1.82) is 0 Å². The van der Waals surface area contributed by atoms with Crippen molar-refractivity contribution >= 4 is 37.7 Å². The zero-order valence-electron chi connectivity index (χ0n) is 9.52. The van der Waals surface area contributed by atoms with Crippen molar-refractivity contribution < 1.29 is 4.74 Å². The molecular weight excluding hydrogens is 364 g/mol. The van der Waals surface area contributed by atoms with E-state index >= 15 is 0 Å². The second-order valence-corrected chi connectivity index (χ2v) is 5.20. The largest absolute Gasteiger partial charge is 0.383 e. The van der Waals surface area contributed by atoms with Crippen LogP contribution in [0.5, 0.6) is 0 Å². The average molecular weight is 374 g/mol. The number of methoxy groups -OCH3 is 1. The number of halogens is 2. The maximum absolute atomic E-state index is 5.83. The Balaban J connectivity index is 2.48. The second-order valence-electron chi connectivity index (χ2n) is 3.49. The first-order valence-electron chi connectivity index (χ1n) is 5.04. The van der Waals surface area contributed by atoms with Gasteiger partial charge in [-0.1, -0.05) is 0 Å². The Morgan fingerprint density at radius 2 is 2.06 bits per heavy atom. The highest BCUT2D eigenvalue weighted by Gasteiger charge is 2.12. The van der Waals surface area contributed by atoms with Gasteiger partial charge in [0, 0.05) is 17.8 Å². The third-order valence-electron chi connectivity index (χ3n) is 2.18. The maximum Gasteiger partial charge on any atom is 0.180 e. The van der Waals surface area contributed by atoms with Crippen molar-refractivity contribution in [2.45, 2.75) is 6.61 Å². The van der Waals surface area contributed by atoms with Crippen LogP contribution in [0.4, 0.5) is 5.82 Å². The van der Waals surface area contributed by atoms with Crippen LogP contribution in [-0.4, -0.2) is 22.1 Å². The molecule has 0 radical (unpaired) electrons. The summed E-state index contributed by atoms with van der Waals surface area (Å²) in [6, 6.07) is 3.70. The zero-order chi connectivity index (χ0) is 13.1. The normalized spacial score (nSPS) is 10.6. The minimum atomic E-state index is 0.358. The molecule has 0 saturated heterocycles. The molecule has 0 spiro atoms. The molecule has 0 aromatic carbocycles. The van der Waals surface area contributed by atoms with Crippen molar-refractivity contribution in [3.8, 4) is 11.5 Å². The molecule has 2 aromatic rings. The fourth-order valence-corrected chi connectivity index (χ4v) is 1.89. The van der Waals surface area contributed by atoms with Crippen LogP contribution in [0.1, 0.15) is 5.69 Å². The Morgan fingerprint density at radius 3 is 2.67 bits per heavy atom. The molecule has 0 atom stereocenters. The summed E-state index contributed by atoms with van der Waals surface area (Å²) < 4.78 is 6.62. The van der Waals surface area contributed by atoms with Crippen LogP contribution in [0.25, 0.3) is 11.5 Å². The van der Waals surface area contributed by atoms with E-state index in [0.717, 1.165) is 4.47 Å². The lowest BCUT2D eigenvalue weighted by Gasteiger charge is -2.07. The smallest absolute Gasteiger partial charge is 0.180 e. The fraction of sp³-hybridized carbons (Fsp3) is 0.182. The van der Waals surface area contributed by atoms with Gasteiger partial charge in [0.25, 0.3) is 0 Å². The summed E-state index contributed by atoms with van der Waals surface area (Å²) in [5.41, 5.74) is 7.19. The molecule has 94 valence electrons.